The predicted octanol–water partition coefficient (Wildman–Crippen LogP) is 5.83. The summed E-state index contributed by atoms with van der Waals surface area (Å²) in [6.45, 7) is 14.9. The van der Waals surface area contributed by atoms with Crippen molar-refractivity contribution in [3.05, 3.63) is 59.2 Å². The van der Waals surface area contributed by atoms with Gasteiger partial charge < -0.3 is 14.2 Å². The Hall–Kier alpha value is -2.82. The number of ether oxygens (including phenoxy) is 3. The van der Waals surface area contributed by atoms with E-state index in [-0.39, 0.29) is 23.2 Å². The van der Waals surface area contributed by atoms with Gasteiger partial charge in [0.2, 0.25) is 0 Å². The van der Waals surface area contributed by atoms with Crippen LogP contribution in [0.15, 0.2) is 42.5 Å². The first-order valence-corrected chi connectivity index (χ1v) is 10.7. The van der Waals surface area contributed by atoms with Gasteiger partial charge in [-0.3, -0.25) is 0 Å². The SMILES string of the molecule is CCCOC(=O)c1cccc(OC(=O)COc2ccc(C(C)(C)C)cc2C(C)(C)C)c1. The molecule has 0 spiro atoms. The molecule has 5 heteroatoms. The van der Waals surface area contributed by atoms with Crippen LogP contribution in [0.1, 0.15) is 76.4 Å². The van der Waals surface area contributed by atoms with E-state index < -0.39 is 11.9 Å². The second kappa shape index (κ2) is 9.99. The van der Waals surface area contributed by atoms with Crippen LogP contribution in [0.5, 0.6) is 11.5 Å². The molecule has 2 aromatic carbocycles. The van der Waals surface area contributed by atoms with Crippen molar-refractivity contribution in [2.75, 3.05) is 13.2 Å². The van der Waals surface area contributed by atoms with Gasteiger partial charge in [0.05, 0.1) is 12.2 Å². The zero-order valence-corrected chi connectivity index (χ0v) is 19.7. The minimum Gasteiger partial charge on any atom is -0.482 e. The lowest BCUT2D eigenvalue weighted by Crippen LogP contribution is -2.21. The van der Waals surface area contributed by atoms with Gasteiger partial charge in [-0.1, -0.05) is 66.7 Å². The van der Waals surface area contributed by atoms with Crippen LogP contribution in [-0.2, 0) is 20.4 Å². The second-order valence-corrected chi connectivity index (χ2v) is 9.64. The molecule has 0 radical (unpaired) electrons. The smallest absolute Gasteiger partial charge is 0.349 e. The van der Waals surface area contributed by atoms with Crippen LogP contribution in [0.2, 0.25) is 0 Å². The molecule has 0 aliphatic carbocycles. The Balaban J connectivity index is 2.09. The number of hydrogen-bond acceptors (Lipinski definition) is 5. The summed E-state index contributed by atoms with van der Waals surface area (Å²) in [5, 5.41) is 0. The molecule has 168 valence electrons. The molecule has 0 aliphatic heterocycles. The second-order valence-electron chi connectivity index (χ2n) is 9.64. The normalized spacial score (nSPS) is 11.7. The number of esters is 2. The summed E-state index contributed by atoms with van der Waals surface area (Å²) in [7, 11) is 0. The third kappa shape index (κ3) is 7.12. The van der Waals surface area contributed by atoms with Crippen molar-refractivity contribution in [2.24, 2.45) is 0 Å². The minimum absolute atomic E-state index is 0.0146. The van der Waals surface area contributed by atoms with Crippen molar-refractivity contribution in [3.63, 3.8) is 0 Å². The van der Waals surface area contributed by atoms with Gasteiger partial charge in [-0.15, -0.1) is 0 Å². The van der Waals surface area contributed by atoms with Crippen molar-refractivity contribution in [1.82, 2.24) is 0 Å². The molecule has 0 atom stereocenters. The Morgan fingerprint density at radius 2 is 1.61 bits per heavy atom. The number of rotatable bonds is 7. The zero-order valence-electron chi connectivity index (χ0n) is 19.7. The number of benzene rings is 2. The van der Waals surface area contributed by atoms with E-state index in [9.17, 15) is 9.59 Å². The fraction of sp³-hybridized carbons (Fsp3) is 0.462. The van der Waals surface area contributed by atoms with E-state index in [4.69, 9.17) is 14.2 Å². The van der Waals surface area contributed by atoms with Crippen molar-refractivity contribution < 1.29 is 23.8 Å². The molecule has 5 nitrogen and oxygen atoms in total. The maximum Gasteiger partial charge on any atom is 0.349 e. The first-order valence-electron chi connectivity index (χ1n) is 10.7. The molecular formula is C26H34O5. The predicted molar refractivity (Wildman–Crippen MR) is 122 cm³/mol. The number of carbonyl (C=O) groups excluding carboxylic acids is 2. The van der Waals surface area contributed by atoms with E-state index in [0.717, 1.165) is 12.0 Å². The fourth-order valence-electron chi connectivity index (χ4n) is 2.97. The Labute approximate surface area is 185 Å². The Morgan fingerprint density at radius 1 is 0.903 bits per heavy atom. The third-order valence-electron chi connectivity index (χ3n) is 4.74. The Morgan fingerprint density at radius 3 is 2.23 bits per heavy atom. The molecule has 0 amide bonds. The summed E-state index contributed by atoms with van der Waals surface area (Å²) in [5.41, 5.74) is 2.45. The van der Waals surface area contributed by atoms with Crippen molar-refractivity contribution in [3.8, 4) is 11.5 Å². The van der Waals surface area contributed by atoms with Gasteiger partial charge in [0, 0.05) is 0 Å². The zero-order chi connectivity index (χ0) is 23.2. The van der Waals surface area contributed by atoms with Crippen molar-refractivity contribution in [1.29, 1.82) is 0 Å². The molecular weight excluding hydrogens is 392 g/mol. The quantitative estimate of drug-likeness (QED) is 0.412. The lowest BCUT2D eigenvalue weighted by molar-refractivity contribution is -0.136. The molecule has 0 N–H and O–H groups in total. The summed E-state index contributed by atoms with van der Waals surface area (Å²) in [4.78, 5) is 24.4. The van der Waals surface area contributed by atoms with Crippen LogP contribution in [0.25, 0.3) is 0 Å². The van der Waals surface area contributed by atoms with Gasteiger partial charge in [-0.25, -0.2) is 9.59 Å². The van der Waals surface area contributed by atoms with E-state index in [1.54, 1.807) is 18.2 Å². The van der Waals surface area contributed by atoms with E-state index >= 15 is 0 Å². The van der Waals surface area contributed by atoms with Gasteiger partial charge in [0.15, 0.2) is 6.61 Å². The molecule has 2 rings (SSSR count). The van der Waals surface area contributed by atoms with E-state index in [1.165, 1.54) is 11.6 Å². The molecule has 0 heterocycles. The van der Waals surface area contributed by atoms with Gasteiger partial charge in [-0.2, -0.15) is 0 Å². The Bertz CT molecular complexity index is 916. The van der Waals surface area contributed by atoms with Gasteiger partial charge in [-0.05, 0) is 52.6 Å². The van der Waals surface area contributed by atoms with E-state index in [1.807, 2.05) is 19.1 Å². The molecule has 0 aromatic heterocycles. The van der Waals surface area contributed by atoms with Crippen molar-refractivity contribution in [2.45, 2.75) is 65.7 Å². The average molecular weight is 427 g/mol. The summed E-state index contributed by atoms with van der Waals surface area (Å²) in [6, 6.07) is 12.5. The lowest BCUT2D eigenvalue weighted by Gasteiger charge is -2.27. The Kier molecular flexibility index (Phi) is 7.88. The lowest BCUT2D eigenvalue weighted by atomic mass is 9.80. The molecule has 2 aromatic rings. The molecule has 0 saturated carbocycles. The van der Waals surface area contributed by atoms with Crippen LogP contribution in [-0.4, -0.2) is 25.2 Å². The van der Waals surface area contributed by atoms with Crippen LogP contribution in [0.3, 0.4) is 0 Å². The average Bonchev–Trinajstić information content (AvgIpc) is 2.69. The van der Waals surface area contributed by atoms with Gasteiger partial charge >= 0.3 is 11.9 Å². The standard InChI is InChI=1S/C26H34O5/c1-8-14-29-24(28)18-10-9-11-20(15-18)31-23(27)17-30-22-13-12-19(25(2,3)4)16-21(22)26(5,6)7/h9-13,15-16H,8,14,17H2,1-7H3. The van der Waals surface area contributed by atoms with Crippen LogP contribution < -0.4 is 9.47 Å². The highest BCUT2D eigenvalue weighted by Gasteiger charge is 2.23. The van der Waals surface area contributed by atoms with Crippen molar-refractivity contribution >= 4 is 11.9 Å². The van der Waals surface area contributed by atoms with E-state index in [2.05, 4.69) is 47.6 Å². The maximum absolute atomic E-state index is 12.4. The molecule has 0 saturated heterocycles. The first kappa shape index (κ1) is 24.4. The van der Waals surface area contributed by atoms with Crippen LogP contribution >= 0.6 is 0 Å². The number of carbonyl (C=O) groups is 2. The summed E-state index contributed by atoms with van der Waals surface area (Å²) in [5.74, 6) is -0.0448. The highest BCUT2D eigenvalue weighted by Crippen LogP contribution is 2.35. The molecule has 31 heavy (non-hydrogen) atoms. The molecule has 0 fully saturated rings. The van der Waals surface area contributed by atoms with Gasteiger partial charge in [0.25, 0.3) is 0 Å². The summed E-state index contributed by atoms with van der Waals surface area (Å²) in [6.07, 6.45) is 0.741. The van der Waals surface area contributed by atoms with E-state index in [0.29, 0.717) is 17.9 Å². The largest absolute Gasteiger partial charge is 0.482 e. The first-order chi connectivity index (χ1) is 14.4. The molecule has 0 unspecified atom stereocenters. The van der Waals surface area contributed by atoms with Crippen LogP contribution in [0, 0.1) is 0 Å². The minimum atomic E-state index is -0.543. The number of hydrogen-bond donors (Lipinski definition) is 0. The fourth-order valence-corrected chi connectivity index (χ4v) is 2.97. The highest BCUT2D eigenvalue weighted by atomic mass is 16.6. The maximum atomic E-state index is 12.4. The molecule has 0 aliphatic rings. The van der Waals surface area contributed by atoms with Gasteiger partial charge in [0.1, 0.15) is 11.5 Å². The monoisotopic (exact) mass is 426 g/mol. The highest BCUT2D eigenvalue weighted by molar-refractivity contribution is 5.90. The topological polar surface area (TPSA) is 61.8 Å². The molecule has 0 bridgehead atoms. The summed E-state index contributed by atoms with van der Waals surface area (Å²) < 4.78 is 16.3. The summed E-state index contributed by atoms with van der Waals surface area (Å²) >= 11 is 0. The third-order valence-corrected chi connectivity index (χ3v) is 4.74. The van der Waals surface area contributed by atoms with Crippen LogP contribution in [0.4, 0.5) is 0 Å².